The normalized spacial score (nSPS) is 21.8. The molecule has 2 heteroatoms. The lowest BCUT2D eigenvalue weighted by Gasteiger charge is -2.49. The van der Waals surface area contributed by atoms with Crippen molar-refractivity contribution in [3.63, 3.8) is 0 Å². The van der Waals surface area contributed by atoms with Crippen LogP contribution in [0.25, 0.3) is 0 Å². The minimum atomic E-state index is -0.825. The van der Waals surface area contributed by atoms with Crippen molar-refractivity contribution in [3.05, 3.63) is 34.4 Å². The third-order valence-corrected chi connectivity index (χ3v) is 5.33. The highest BCUT2D eigenvalue weighted by molar-refractivity contribution is 5.90. The summed E-state index contributed by atoms with van der Waals surface area (Å²) in [6.07, 6.45) is 1.02. The first-order valence-electron chi connectivity index (χ1n) is 7.95. The third-order valence-electron chi connectivity index (χ3n) is 5.33. The number of carboxylic acid groups (broad SMARTS) is 1. The first kappa shape index (κ1) is 17.7. The molecule has 2 nitrogen and oxygen atoms in total. The zero-order chi connectivity index (χ0) is 16.6. The lowest BCUT2D eigenvalue weighted by molar-refractivity contribution is 0.0695. The van der Waals surface area contributed by atoms with Crippen molar-refractivity contribution in [2.75, 3.05) is 0 Å². The summed E-state index contributed by atoms with van der Waals surface area (Å²) in [6, 6.07) is 3.78. The molecule has 0 spiro atoms. The molecule has 0 saturated carbocycles. The van der Waals surface area contributed by atoms with Crippen LogP contribution >= 0.6 is 0 Å². The van der Waals surface area contributed by atoms with Gasteiger partial charge in [-0.3, -0.25) is 0 Å². The first-order valence-corrected chi connectivity index (χ1v) is 7.95. The molecule has 1 aliphatic rings. The van der Waals surface area contributed by atoms with Crippen molar-refractivity contribution in [2.45, 2.75) is 67.2 Å². The van der Waals surface area contributed by atoms with Crippen LogP contribution in [-0.4, -0.2) is 11.1 Å². The zero-order valence-electron chi connectivity index (χ0n) is 14.8. The number of aromatic carboxylic acids is 1. The Bertz CT molecular complexity index is 539. The van der Waals surface area contributed by atoms with Crippen LogP contribution in [0, 0.1) is 18.3 Å². The summed E-state index contributed by atoms with van der Waals surface area (Å²) in [5.41, 5.74) is 4.20. The van der Waals surface area contributed by atoms with Crippen LogP contribution in [0.2, 0.25) is 0 Å². The Hall–Kier alpha value is -1.31. The van der Waals surface area contributed by atoms with Crippen LogP contribution in [-0.2, 0) is 11.8 Å². The zero-order valence-corrected chi connectivity index (χ0v) is 14.8. The molecule has 21 heavy (non-hydrogen) atoms. The lowest BCUT2D eigenvalue weighted by atomic mass is 9.55. The molecule has 1 atom stereocenters. The van der Waals surface area contributed by atoms with E-state index in [1.807, 2.05) is 26.8 Å². The van der Waals surface area contributed by atoms with Crippen LogP contribution in [0.5, 0.6) is 0 Å². The van der Waals surface area contributed by atoms with E-state index in [1.54, 1.807) is 6.07 Å². The standard InChI is InChI=1S/C17H24O2.C2H6/c1-10-13(15(18)19)8-7-12-9-16(3,4)11(2)17(5,6)14(10)12;1-2/h7-8,11H,9H2,1-6H3,(H,18,19);1-2H3. The molecule has 0 saturated heterocycles. The van der Waals surface area contributed by atoms with E-state index in [9.17, 15) is 9.90 Å². The van der Waals surface area contributed by atoms with E-state index in [4.69, 9.17) is 0 Å². The Kier molecular flexibility index (Phi) is 4.92. The quantitative estimate of drug-likeness (QED) is 0.770. The fourth-order valence-corrected chi connectivity index (χ4v) is 3.88. The van der Waals surface area contributed by atoms with Crippen molar-refractivity contribution in [1.82, 2.24) is 0 Å². The van der Waals surface area contributed by atoms with Gasteiger partial charge in [-0.2, -0.15) is 0 Å². The van der Waals surface area contributed by atoms with Gasteiger partial charge in [0.05, 0.1) is 5.56 Å². The molecule has 1 aliphatic carbocycles. The summed E-state index contributed by atoms with van der Waals surface area (Å²) < 4.78 is 0. The predicted molar refractivity (Wildman–Crippen MR) is 89.2 cm³/mol. The largest absolute Gasteiger partial charge is 0.478 e. The fourth-order valence-electron chi connectivity index (χ4n) is 3.88. The molecule has 0 fully saturated rings. The summed E-state index contributed by atoms with van der Waals surface area (Å²) >= 11 is 0. The Labute approximate surface area is 129 Å². The average Bonchev–Trinajstić information content (AvgIpc) is 2.37. The number of fused-ring (bicyclic) bond motifs is 1. The van der Waals surface area contributed by atoms with Crippen LogP contribution in [0.1, 0.15) is 75.5 Å². The molecule has 0 aromatic heterocycles. The number of hydrogen-bond acceptors (Lipinski definition) is 1. The van der Waals surface area contributed by atoms with Gasteiger partial charge in [0.1, 0.15) is 0 Å². The Morgan fingerprint density at radius 2 is 1.71 bits per heavy atom. The second-order valence-corrected chi connectivity index (χ2v) is 7.19. The molecule has 0 bridgehead atoms. The smallest absolute Gasteiger partial charge is 0.335 e. The number of rotatable bonds is 1. The third kappa shape index (κ3) is 2.86. The van der Waals surface area contributed by atoms with Gasteiger partial charge in [-0.25, -0.2) is 4.79 Å². The minimum Gasteiger partial charge on any atom is -0.478 e. The summed E-state index contributed by atoms with van der Waals surface area (Å²) in [5.74, 6) is -0.316. The highest BCUT2D eigenvalue weighted by Gasteiger charge is 2.45. The highest BCUT2D eigenvalue weighted by Crippen LogP contribution is 2.51. The maximum atomic E-state index is 11.3. The van der Waals surface area contributed by atoms with Crippen LogP contribution in [0.4, 0.5) is 0 Å². The number of carbonyl (C=O) groups is 1. The number of hydrogen-bond donors (Lipinski definition) is 1. The Morgan fingerprint density at radius 3 is 2.19 bits per heavy atom. The molecule has 0 heterocycles. The predicted octanol–water partition coefficient (Wildman–Crippen LogP) is 5.22. The van der Waals surface area contributed by atoms with Crippen molar-refractivity contribution >= 4 is 5.97 Å². The molecule has 1 N–H and O–H groups in total. The highest BCUT2D eigenvalue weighted by atomic mass is 16.4. The molecule has 1 aromatic rings. The van der Waals surface area contributed by atoms with E-state index in [0.29, 0.717) is 11.5 Å². The summed E-state index contributed by atoms with van der Waals surface area (Å²) in [4.78, 5) is 11.3. The maximum Gasteiger partial charge on any atom is 0.335 e. The van der Waals surface area contributed by atoms with Gasteiger partial charge in [0.2, 0.25) is 0 Å². The van der Waals surface area contributed by atoms with E-state index in [0.717, 1.165) is 12.0 Å². The van der Waals surface area contributed by atoms with Crippen molar-refractivity contribution in [1.29, 1.82) is 0 Å². The monoisotopic (exact) mass is 290 g/mol. The van der Waals surface area contributed by atoms with Gasteiger partial charge in [-0.05, 0) is 52.8 Å². The SMILES string of the molecule is CC.Cc1c(C(=O)O)ccc2c1C(C)(C)C(C)C(C)(C)C2. The van der Waals surface area contributed by atoms with E-state index in [-0.39, 0.29) is 10.8 Å². The Balaban J connectivity index is 0.00000106. The van der Waals surface area contributed by atoms with Crippen LogP contribution in [0.15, 0.2) is 12.1 Å². The first-order chi connectivity index (χ1) is 9.59. The van der Waals surface area contributed by atoms with Gasteiger partial charge < -0.3 is 5.11 Å². The molecular weight excluding hydrogens is 260 g/mol. The molecule has 118 valence electrons. The van der Waals surface area contributed by atoms with E-state index in [1.165, 1.54) is 11.1 Å². The van der Waals surface area contributed by atoms with Gasteiger partial charge in [0.25, 0.3) is 0 Å². The minimum absolute atomic E-state index is 0.00657. The van der Waals surface area contributed by atoms with Gasteiger partial charge in [0, 0.05) is 0 Å². The lowest BCUT2D eigenvalue weighted by Crippen LogP contribution is -2.44. The van der Waals surface area contributed by atoms with Crippen LogP contribution < -0.4 is 0 Å². The van der Waals surface area contributed by atoms with E-state index < -0.39 is 5.97 Å². The Morgan fingerprint density at radius 1 is 1.19 bits per heavy atom. The summed E-state index contributed by atoms with van der Waals surface area (Å²) in [7, 11) is 0. The van der Waals surface area contributed by atoms with Crippen molar-refractivity contribution < 1.29 is 9.90 Å². The van der Waals surface area contributed by atoms with E-state index >= 15 is 0 Å². The molecule has 0 amide bonds. The second-order valence-electron chi connectivity index (χ2n) is 7.19. The number of benzene rings is 1. The summed E-state index contributed by atoms with van der Waals surface area (Å²) in [6.45, 7) is 17.3. The molecule has 0 aliphatic heterocycles. The van der Waals surface area contributed by atoms with Gasteiger partial charge in [0.15, 0.2) is 0 Å². The van der Waals surface area contributed by atoms with Gasteiger partial charge in [-0.15, -0.1) is 0 Å². The molecule has 1 aromatic carbocycles. The van der Waals surface area contributed by atoms with Gasteiger partial charge >= 0.3 is 5.97 Å². The molecule has 2 rings (SSSR count). The van der Waals surface area contributed by atoms with Crippen molar-refractivity contribution in [3.8, 4) is 0 Å². The van der Waals surface area contributed by atoms with E-state index in [2.05, 4.69) is 34.6 Å². The average molecular weight is 290 g/mol. The second kappa shape index (κ2) is 5.82. The summed E-state index contributed by atoms with van der Waals surface area (Å²) in [5, 5.41) is 9.31. The number of carboxylic acids is 1. The molecular formula is C19H30O2. The van der Waals surface area contributed by atoms with Crippen molar-refractivity contribution in [2.24, 2.45) is 11.3 Å². The maximum absolute atomic E-state index is 11.3. The van der Waals surface area contributed by atoms with Crippen LogP contribution in [0.3, 0.4) is 0 Å². The van der Waals surface area contributed by atoms with Gasteiger partial charge in [-0.1, -0.05) is 54.5 Å². The molecule has 0 radical (unpaired) electrons. The topological polar surface area (TPSA) is 37.3 Å². The molecule has 1 unspecified atom stereocenters. The fraction of sp³-hybridized carbons (Fsp3) is 0.632.